The molecule has 0 aliphatic heterocycles. The highest BCUT2D eigenvalue weighted by Crippen LogP contribution is 2.38. The van der Waals surface area contributed by atoms with Gasteiger partial charge in [-0.25, -0.2) is 9.97 Å². The molecule has 3 rings (SSSR count). The Morgan fingerprint density at radius 3 is 2.79 bits per heavy atom. The maximum absolute atomic E-state index is 9.89. The number of nitrogens with zero attached hydrogens (tertiary/aromatic N) is 2. The van der Waals surface area contributed by atoms with Crippen LogP contribution in [0.2, 0.25) is 0 Å². The number of aromatic nitrogens is 2. The fraction of sp³-hybridized carbons (Fsp3) is 0.714. The lowest BCUT2D eigenvalue weighted by Gasteiger charge is -2.21. The Labute approximate surface area is 112 Å². The maximum atomic E-state index is 9.89. The Hall–Kier alpha value is -1.04. The van der Waals surface area contributed by atoms with Crippen LogP contribution in [0.5, 0.6) is 0 Å². The zero-order valence-electron chi connectivity index (χ0n) is 10.9. The van der Waals surface area contributed by atoms with Crippen molar-refractivity contribution < 1.29 is 10.2 Å². The van der Waals surface area contributed by atoms with Gasteiger partial charge in [0.2, 0.25) is 0 Å². The van der Waals surface area contributed by atoms with Gasteiger partial charge in [-0.3, -0.25) is 0 Å². The molecule has 4 atom stereocenters. The highest BCUT2D eigenvalue weighted by Gasteiger charge is 2.40. The Morgan fingerprint density at radius 2 is 2.11 bits per heavy atom. The van der Waals surface area contributed by atoms with Gasteiger partial charge >= 0.3 is 0 Å². The Bertz CT molecular complexity index is 450. The van der Waals surface area contributed by atoms with Crippen LogP contribution in [-0.4, -0.2) is 38.9 Å². The van der Waals surface area contributed by atoms with E-state index >= 15 is 0 Å². The first-order valence-electron chi connectivity index (χ1n) is 7.05. The molecular weight excluding hydrogens is 242 g/mol. The molecule has 104 valence electrons. The quantitative estimate of drug-likeness (QED) is 0.722. The Morgan fingerprint density at radius 1 is 1.32 bits per heavy atom. The van der Waals surface area contributed by atoms with Gasteiger partial charge in [-0.05, 0) is 37.7 Å². The van der Waals surface area contributed by atoms with Gasteiger partial charge < -0.3 is 15.9 Å². The van der Waals surface area contributed by atoms with E-state index in [1.54, 1.807) is 6.20 Å². The lowest BCUT2D eigenvalue weighted by molar-refractivity contribution is 0.0718. The Kier molecular flexibility index (Phi) is 3.52. The standard InChI is InChI=1S/C14H21N3O2/c15-12-6-13(19)11(7-18)10(12)5-9-3-4-16-14(17-9)8-1-2-8/h3-4,8,10-13,18-19H,1-2,5-7,15H2/t10-,11-,12-,13-/m1/s1. The van der Waals surface area contributed by atoms with E-state index in [0.717, 1.165) is 11.5 Å². The SMILES string of the molecule is N[C@@H]1C[C@@H](O)[C@H](CO)[C@H]1Cc1ccnc(C2CC2)n1. The van der Waals surface area contributed by atoms with E-state index < -0.39 is 6.10 Å². The number of hydrogen-bond acceptors (Lipinski definition) is 5. The molecule has 1 aromatic rings. The van der Waals surface area contributed by atoms with E-state index in [-0.39, 0.29) is 24.5 Å². The fourth-order valence-corrected chi connectivity index (χ4v) is 3.10. The van der Waals surface area contributed by atoms with Crippen molar-refractivity contribution >= 4 is 0 Å². The monoisotopic (exact) mass is 263 g/mol. The third-order valence-electron chi connectivity index (χ3n) is 4.44. The van der Waals surface area contributed by atoms with E-state index in [2.05, 4.69) is 9.97 Å². The second-order valence-corrected chi connectivity index (χ2v) is 5.86. The smallest absolute Gasteiger partial charge is 0.131 e. The predicted octanol–water partition coefficient (Wildman–Crippen LogP) is 0.213. The summed E-state index contributed by atoms with van der Waals surface area (Å²) >= 11 is 0. The van der Waals surface area contributed by atoms with Crippen LogP contribution in [0.15, 0.2) is 12.3 Å². The summed E-state index contributed by atoms with van der Waals surface area (Å²) < 4.78 is 0. The summed E-state index contributed by atoms with van der Waals surface area (Å²) in [5, 5.41) is 19.3. The lowest BCUT2D eigenvalue weighted by Crippen LogP contribution is -2.31. The van der Waals surface area contributed by atoms with Gasteiger partial charge in [0.25, 0.3) is 0 Å². The van der Waals surface area contributed by atoms with Crippen LogP contribution in [0, 0.1) is 11.8 Å². The fourth-order valence-electron chi connectivity index (χ4n) is 3.10. The molecular formula is C14H21N3O2. The van der Waals surface area contributed by atoms with Gasteiger partial charge in [0.05, 0.1) is 6.10 Å². The topological polar surface area (TPSA) is 92.3 Å². The van der Waals surface area contributed by atoms with Crippen molar-refractivity contribution in [3.8, 4) is 0 Å². The van der Waals surface area contributed by atoms with Crippen molar-refractivity contribution in [2.45, 2.75) is 43.7 Å². The molecule has 0 bridgehead atoms. The summed E-state index contributed by atoms with van der Waals surface area (Å²) in [6.45, 7) is -0.0138. The molecule has 0 saturated heterocycles. The lowest BCUT2D eigenvalue weighted by atomic mass is 9.89. The summed E-state index contributed by atoms with van der Waals surface area (Å²) in [6, 6.07) is 1.85. The van der Waals surface area contributed by atoms with Crippen molar-refractivity contribution in [2.75, 3.05) is 6.61 Å². The second-order valence-electron chi connectivity index (χ2n) is 5.86. The molecule has 4 N–H and O–H groups in total. The first-order valence-corrected chi connectivity index (χ1v) is 7.05. The summed E-state index contributed by atoms with van der Waals surface area (Å²) in [7, 11) is 0. The molecule has 5 heteroatoms. The molecule has 0 unspecified atom stereocenters. The average molecular weight is 263 g/mol. The van der Waals surface area contributed by atoms with Crippen molar-refractivity contribution in [3.63, 3.8) is 0 Å². The summed E-state index contributed by atoms with van der Waals surface area (Å²) in [5.41, 5.74) is 7.06. The molecule has 2 fully saturated rings. The van der Waals surface area contributed by atoms with Crippen molar-refractivity contribution in [2.24, 2.45) is 17.6 Å². The van der Waals surface area contributed by atoms with Gasteiger partial charge in [0.1, 0.15) is 5.82 Å². The third kappa shape index (κ3) is 2.63. The van der Waals surface area contributed by atoms with Crippen LogP contribution in [0.1, 0.15) is 36.7 Å². The largest absolute Gasteiger partial charge is 0.396 e. The number of aliphatic hydroxyl groups is 2. The van der Waals surface area contributed by atoms with Crippen molar-refractivity contribution in [1.82, 2.24) is 9.97 Å². The van der Waals surface area contributed by atoms with Gasteiger partial charge in [-0.15, -0.1) is 0 Å². The summed E-state index contributed by atoms with van der Waals surface area (Å²) in [4.78, 5) is 8.90. The molecule has 0 radical (unpaired) electrons. The number of hydrogen-bond donors (Lipinski definition) is 3. The Balaban J connectivity index is 1.74. The summed E-state index contributed by atoms with van der Waals surface area (Å²) in [5.74, 6) is 1.44. The number of nitrogens with two attached hydrogens (primary N) is 1. The molecule has 0 amide bonds. The van der Waals surface area contributed by atoms with E-state index in [1.807, 2.05) is 6.07 Å². The van der Waals surface area contributed by atoms with Gasteiger partial charge in [0.15, 0.2) is 0 Å². The zero-order chi connectivity index (χ0) is 13.4. The first kappa shape index (κ1) is 13.0. The molecule has 5 nitrogen and oxygen atoms in total. The molecule has 2 saturated carbocycles. The van der Waals surface area contributed by atoms with Crippen LogP contribution in [0.3, 0.4) is 0 Å². The highest BCUT2D eigenvalue weighted by atomic mass is 16.3. The zero-order valence-corrected chi connectivity index (χ0v) is 10.9. The average Bonchev–Trinajstić information content (AvgIpc) is 3.19. The minimum absolute atomic E-state index is 0.0138. The van der Waals surface area contributed by atoms with Crippen LogP contribution in [0.25, 0.3) is 0 Å². The third-order valence-corrected chi connectivity index (χ3v) is 4.44. The first-order chi connectivity index (χ1) is 9.19. The van der Waals surface area contributed by atoms with Crippen LogP contribution in [0.4, 0.5) is 0 Å². The second kappa shape index (κ2) is 5.15. The van der Waals surface area contributed by atoms with Crippen molar-refractivity contribution in [1.29, 1.82) is 0 Å². The molecule has 19 heavy (non-hydrogen) atoms. The van der Waals surface area contributed by atoms with E-state index in [9.17, 15) is 10.2 Å². The molecule has 0 spiro atoms. The number of aliphatic hydroxyl groups excluding tert-OH is 2. The highest BCUT2D eigenvalue weighted by molar-refractivity contribution is 5.12. The van der Waals surface area contributed by atoms with Gasteiger partial charge in [-0.1, -0.05) is 0 Å². The molecule has 1 aromatic heterocycles. The normalized spacial score (nSPS) is 34.7. The molecule has 1 heterocycles. The predicted molar refractivity (Wildman–Crippen MR) is 70.4 cm³/mol. The minimum atomic E-state index is -0.491. The van der Waals surface area contributed by atoms with Crippen LogP contribution in [-0.2, 0) is 6.42 Å². The van der Waals surface area contributed by atoms with Crippen molar-refractivity contribution in [3.05, 3.63) is 23.8 Å². The summed E-state index contributed by atoms with van der Waals surface area (Å²) in [6.07, 6.45) is 4.97. The van der Waals surface area contributed by atoms with E-state index in [1.165, 1.54) is 12.8 Å². The molecule has 0 aromatic carbocycles. The number of rotatable bonds is 4. The van der Waals surface area contributed by atoms with Crippen LogP contribution >= 0.6 is 0 Å². The van der Waals surface area contributed by atoms with Crippen LogP contribution < -0.4 is 5.73 Å². The molecule has 2 aliphatic rings. The van der Waals surface area contributed by atoms with Gasteiger partial charge in [-0.2, -0.15) is 0 Å². The van der Waals surface area contributed by atoms with E-state index in [4.69, 9.17) is 5.73 Å². The molecule has 2 aliphatic carbocycles. The minimum Gasteiger partial charge on any atom is -0.396 e. The maximum Gasteiger partial charge on any atom is 0.131 e. The van der Waals surface area contributed by atoms with Gasteiger partial charge in [0, 0.05) is 36.4 Å². The van der Waals surface area contributed by atoms with E-state index in [0.29, 0.717) is 18.8 Å².